The summed E-state index contributed by atoms with van der Waals surface area (Å²) in [7, 11) is 1.70. The summed E-state index contributed by atoms with van der Waals surface area (Å²) in [6, 6.07) is 6.41. The maximum absolute atomic E-state index is 5.66. The molecule has 1 heterocycles. The molecule has 2 rings (SSSR count). The van der Waals surface area contributed by atoms with Crippen molar-refractivity contribution in [1.82, 2.24) is 5.32 Å². The molecule has 0 fully saturated rings. The topological polar surface area (TPSA) is 30.5 Å². The molecule has 94 valence electrons. The lowest BCUT2D eigenvalue weighted by atomic mass is 9.99. The van der Waals surface area contributed by atoms with Gasteiger partial charge in [-0.2, -0.15) is 0 Å². The monoisotopic (exact) mass is 235 g/mol. The van der Waals surface area contributed by atoms with Gasteiger partial charge in [0.1, 0.15) is 11.5 Å². The molecule has 0 aliphatic carbocycles. The van der Waals surface area contributed by atoms with E-state index < -0.39 is 0 Å². The molecule has 0 radical (unpaired) electrons. The Morgan fingerprint density at radius 1 is 1.47 bits per heavy atom. The molecule has 17 heavy (non-hydrogen) atoms. The predicted octanol–water partition coefficient (Wildman–Crippen LogP) is 2.76. The molecule has 0 saturated heterocycles. The van der Waals surface area contributed by atoms with E-state index in [0.29, 0.717) is 12.0 Å². The van der Waals surface area contributed by atoms with E-state index >= 15 is 0 Å². The number of hydrogen-bond acceptors (Lipinski definition) is 3. The Hall–Kier alpha value is -1.22. The van der Waals surface area contributed by atoms with Crippen LogP contribution in [0, 0.1) is 5.92 Å². The highest BCUT2D eigenvalue weighted by Crippen LogP contribution is 2.34. The van der Waals surface area contributed by atoms with Crippen LogP contribution in [0.3, 0.4) is 0 Å². The van der Waals surface area contributed by atoms with Gasteiger partial charge in [0.25, 0.3) is 0 Å². The van der Waals surface area contributed by atoms with Gasteiger partial charge in [-0.15, -0.1) is 0 Å². The van der Waals surface area contributed by atoms with Crippen LogP contribution in [-0.4, -0.2) is 20.3 Å². The second kappa shape index (κ2) is 5.41. The van der Waals surface area contributed by atoms with Gasteiger partial charge in [0.05, 0.1) is 13.7 Å². The lowest BCUT2D eigenvalue weighted by Crippen LogP contribution is -2.29. The quantitative estimate of drug-likeness (QED) is 0.870. The number of rotatable bonds is 4. The van der Waals surface area contributed by atoms with Crippen LogP contribution in [0.15, 0.2) is 18.2 Å². The molecular formula is C14H21NO2. The Morgan fingerprint density at radius 3 is 3.00 bits per heavy atom. The van der Waals surface area contributed by atoms with Crippen LogP contribution in [0.5, 0.6) is 11.5 Å². The van der Waals surface area contributed by atoms with Crippen molar-refractivity contribution >= 4 is 0 Å². The molecule has 0 saturated carbocycles. The van der Waals surface area contributed by atoms with Crippen LogP contribution in [0.1, 0.15) is 31.9 Å². The molecule has 0 spiro atoms. The van der Waals surface area contributed by atoms with Gasteiger partial charge in [0.2, 0.25) is 0 Å². The molecule has 1 aromatic rings. The predicted molar refractivity (Wildman–Crippen MR) is 68.7 cm³/mol. The van der Waals surface area contributed by atoms with Crippen molar-refractivity contribution in [2.75, 3.05) is 20.3 Å². The van der Waals surface area contributed by atoms with Crippen LogP contribution in [0.25, 0.3) is 0 Å². The van der Waals surface area contributed by atoms with E-state index in [0.717, 1.165) is 31.1 Å². The highest BCUT2D eigenvalue weighted by molar-refractivity contribution is 5.43. The minimum Gasteiger partial charge on any atom is -0.497 e. The molecule has 0 aromatic heterocycles. The highest BCUT2D eigenvalue weighted by Gasteiger charge is 2.21. The Morgan fingerprint density at radius 2 is 2.29 bits per heavy atom. The zero-order valence-electron chi connectivity index (χ0n) is 10.8. The molecule has 1 aliphatic rings. The fourth-order valence-corrected chi connectivity index (χ4v) is 2.09. The number of fused-ring (bicyclic) bond motifs is 1. The van der Waals surface area contributed by atoms with Gasteiger partial charge in [-0.05, 0) is 30.7 Å². The van der Waals surface area contributed by atoms with Gasteiger partial charge in [-0.3, -0.25) is 0 Å². The number of nitrogens with one attached hydrogen (secondary N) is 1. The molecule has 1 unspecified atom stereocenters. The molecule has 0 amide bonds. The lowest BCUT2D eigenvalue weighted by molar-refractivity contribution is 0.249. The SMILES string of the molecule is COc1ccc2c(c1)C(NCC(C)C)CCO2. The molecule has 1 aromatic carbocycles. The zero-order valence-corrected chi connectivity index (χ0v) is 10.8. The number of methoxy groups -OCH3 is 1. The van der Waals surface area contributed by atoms with Gasteiger partial charge < -0.3 is 14.8 Å². The first-order chi connectivity index (χ1) is 8.20. The average Bonchev–Trinajstić information content (AvgIpc) is 2.35. The van der Waals surface area contributed by atoms with E-state index in [2.05, 4.69) is 25.2 Å². The van der Waals surface area contributed by atoms with E-state index in [1.807, 2.05) is 12.1 Å². The van der Waals surface area contributed by atoms with Crippen molar-refractivity contribution in [3.8, 4) is 11.5 Å². The van der Waals surface area contributed by atoms with Crippen molar-refractivity contribution in [1.29, 1.82) is 0 Å². The van der Waals surface area contributed by atoms with Gasteiger partial charge in [-0.25, -0.2) is 0 Å². The molecule has 1 aliphatic heterocycles. The Bertz CT molecular complexity index is 376. The third-order valence-corrected chi connectivity index (χ3v) is 3.03. The van der Waals surface area contributed by atoms with Gasteiger partial charge in [0, 0.05) is 18.0 Å². The minimum absolute atomic E-state index is 0.385. The second-order valence-corrected chi connectivity index (χ2v) is 4.90. The smallest absolute Gasteiger partial charge is 0.124 e. The normalized spacial score (nSPS) is 18.7. The summed E-state index contributed by atoms with van der Waals surface area (Å²) in [5.74, 6) is 2.54. The third-order valence-electron chi connectivity index (χ3n) is 3.03. The van der Waals surface area contributed by atoms with Crippen LogP contribution < -0.4 is 14.8 Å². The minimum atomic E-state index is 0.385. The average molecular weight is 235 g/mol. The Kier molecular flexibility index (Phi) is 3.89. The van der Waals surface area contributed by atoms with Crippen molar-refractivity contribution in [3.05, 3.63) is 23.8 Å². The standard InChI is InChI=1S/C14H21NO2/c1-10(2)9-15-13-6-7-17-14-5-4-11(16-3)8-12(13)14/h4-5,8,10,13,15H,6-7,9H2,1-3H3. The van der Waals surface area contributed by atoms with Crippen molar-refractivity contribution in [2.24, 2.45) is 5.92 Å². The zero-order chi connectivity index (χ0) is 12.3. The molecule has 0 bridgehead atoms. The first-order valence-electron chi connectivity index (χ1n) is 6.25. The highest BCUT2D eigenvalue weighted by atomic mass is 16.5. The number of ether oxygens (including phenoxy) is 2. The summed E-state index contributed by atoms with van der Waals surface area (Å²) in [6.07, 6.45) is 1.02. The van der Waals surface area contributed by atoms with E-state index in [9.17, 15) is 0 Å². The summed E-state index contributed by atoms with van der Waals surface area (Å²) in [4.78, 5) is 0. The van der Waals surface area contributed by atoms with Gasteiger partial charge >= 0.3 is 0 Å². The molecular weight excluding hydrogens is 214 g/mol. The van der Waals surface area contributed by atoms with Gasteiger partial charge in [0.15, 0.2) is 0 Å². The van der Waals surface area contributed by atoms with Crippen LogP contribution in [-0.2, 0) is 0 Å². The first kappa shape index (κ1) is 12.2. The molecule has 1 N–H and O–H groups in total. The van der Waals surface area contributed by atoms with Crippen LogP contribution in [0.4, 0.5) is 0 Å². The summed E-state index contributed by atoms with van der Waals surface area (Å²) in [6.45, 7) is 6.26. The lowest BCUT2D eigenvalue weighted by Gasteiger charge is -2.27. The van der Waals surface area contributed by atoms with Crippen molar-refractivity contribution in [3.63, 3.8) is 0 Å². The summed E-state index contributed by atoms with van der Waals surface area (Å²) in [5.41, 5.74) is 1.22. The summed E-state index contributed by atoms with van der Waals surface area (Å²) in [5, 5.41) is 3.59. The maximum Gasteiger partial charge on any atom is 0.124 e. The number of benzene rings is 1. The first-order valence-corrected chi connectivity index (χ1v) is 6.25. The van der Waals surface area contributed by atoms with Crippen molar-refractivity contribution in [2.45, 2.75) is 26.3 Å². The van der Waals surface area contributed by atoms with E-state index in [-0.39, 0.29) is 0 Å². The molecule has 3 heteroatoms. The van der Waals surface area contributed by atoms with Crippen LogP contribution in [0.2, 0.25) is 0 Å². The van der Waals surface area contributed by atoms with E-state index in [1.165, 1.54) is 5.56 Å². The second-order valence-electron chi connectivity index (χ2n) is 4.90. The van der Waals surface area contributed by atoms with Crippen molar-refractivity contribution < 1.29 is 9.47 Å². The molecule has 1 atom stereocenters. The summed E-state index contributed by atoms with van der Waals surface area (Å²) >= 11 is 0. The number of hydrogen-bond donors (Lipinski definition) is 1. The summed E-state index contributed by atoms with van der Waals surface area (Å²) < 4.78 is 10.9. The molecule has 3 nitrogen and oxygen atoms in total. The fourth-order valence-electron chi connectivity index (χ4n) is 2.09. The largest absolute Gasteiger partial charge is 0.497 e. The Balaban J connectivity index is 2.16. The van der Waals surface area contributed by atoms with E-state index in [1.54, 1.807) is 7.11 Å². The van der Waals surface area contributed by atoms with E-state index in [4.69, 9.17) is 9.47 Å². The van der Waals surface area contributed by atoms with Gasteiger partial charge in [-0.1, -0.05) is 13.8 Å². The third kappa shape index (κ3) is 2.91. The Labute approximate surface area is 103 Å². The van der Waals surface area contributed by atoms with Crippen LogP contribution >= 0.6 is 0 Å². The maximum atomic E-state index is 5.66. The fraction of sp³-hybridized carbons (Fsp3) is 0.571.